The highest BCUT2D eigenvalue weighted by atomic mass is 14.6. The lowest BCUT2D eigenvalue weighted by Crippen LogP contribution is -2.05. The van der Waals surface area contributed by atoms with Crippen molar-refractivity contribution in [2.45, 2.75) is 33.6 Å². The zero-order chi connectivity index (χ0) is 10.0. The molecule has 0 spiro atoms. The number of nitrogen functional groups attached to an aromatic ring is 1. The second kappa shape index (κ2) is 3.82. The normalized spacial score (nSPS) is 13.3. The van der Waals surface area contributed by atoms with Crippen LogP contribution >= 0.6 is 0 Å². The van der Waals surface area contributed by atoms with Crippen LogP contribution in [0.25, 0.3) is 0 Å². The van der Waals surface area contributed by atoms with E-state index >= 15 is 0 Å². The van der Waals surface area contributed by atoms with Crippen LogP contribution in [0.15, 0.2) is 18.2 Å². The molecule has 0 amide bonds. The molecule has 0 aliphatic rings. The molecule has 72 valence electrons. The minimum absolute atomic E-state index is 0.542. The van der Waals surface area contributed by atoms with E-state index in [9.17, 15) is 0 Å². The SMILES string of the molecule is Cc1ccc(N)c(C(C)C(C)C)c1. The lowest BCUT2D eigenvalue weighted by atomic mass is 9.88. The molecule has 1 rings (SSSR count). The molecule has 0 aliphatic carbocycles. The summed E-state index contributed by atoms with van der Waals surface area (Å²) in [5.74, 6) is 1.18. The van der Waals surface area contributed by atoms with E-state index < -0.39 is 0 Å². The van der Waals surface area contributed by atoms with Crippen LogP contribution < -0.4 is 5.73 Å². The molecule has 0 saturated carbocycles. The van der Waals surface area contributed by atoms with Crippen LogP contribution in [0.1, 0.15) is 37.8 Å². The molecule has 0 fully saturated rings. The van der Waals surface area contributed by atoms with Crippen molar-refractivity contribution in [3.63, 3.8) is 0 Å². The summed E-state index contributed by atoms with van der Waals surface area (Å²) in [6.45, 7) is 8.80. The van der Waals surface area contributed by atoms with Crippen molar-refractivity contribution >= 4 is 5.69 Å². The first-order chi connectivity index (χ1) is 6.02. The summed E-state index contributed by atoms with van der Waals surface area (Å²) in [7, 11) is 0. The molecule has 1 nitrogen and oxygen atoms in total. The highest BCUT2D eigenvalue weighted by molar-refractivity contribution is 5.50. The molecular weight excluding hydrogens is 158 g/mol. The molecule has 1 heteroatoms. The zero-order valence-electron chi connectivity index (χ0n) is 8.96. The first-order valence-electron chi connectivity index (χ1n) is 4.88. The lowest BCUT2D eigenvalue weighted by molar-refractivity contribution is 0.536. The standard InChI is InChI=1S/C12H19N/c1-8(2)10(4)11-7-9(3)5-6-12(11)13/h5-8,10H,13H2,1-4H3. The molecule has 0 saturated heterocycles. The molecule has 1 aromatic rings. The fourth-order valence-electron chi connectivity index (χ4n) is 1.45. The molecular formula is C12H19N. The van der Waals surface area contributed by atoms with Crippen molar-refractivity contribution in [2.75, 3.05) is 5.73 Å². The number of benzene rings is 1. The van der Waals surface area contributed by atoms with Crippen molar-refractivity contribution in [2.24, 2.45) is 5.92 Å². The van der Waals surface area contributed by atoms with Gasteiger partial charge in [0.25, 0.3) is 0 Å². The van der Waals surface area contributed by atoms with Gasteiger partial charge in [0, 0.05) is 5.69 Å². The second-order valence-electron chi connectivity index (χ2n) is 4.17. The zero-order valence-corrected chi connectivity index (χ0v) is 8.96. The molecule has 0 radical (unpaired) electrons. The van der Waals surface area contributed by atoms with E-state index in [1.807, 2.05) is 6.07 Å². The van der Waals surface area contributed by atoms with Crippen LogP contribution in [0.2, 0.25) is 0 Å². The van der Waals surface area contributed by atoms with E-state index in [0.717, 1.165) is 5.69 Å². The maximum atomic E-state index is 5.93. The highest BCUT2D eigenvalue weighted by Gasteiger charge is 2.12. The van der Waals surface area contributed by atoms with Gasteiger partial charge in [0.15, 0.2) is 0 Å². The van der Waals surface area contributed by atoms with Gasteiger partial charge in [-0.15, -0.1) is 0 Å². The van der Waals surface area contributed by atoms with Gasteiger partial charge in [-0.2, -0.15) is 0 Å². The predicted molar refractivity (Wildman–Crippen MR) is 58.8 cm³/mol. The van der Waals surface area contributed by atoms with E-state index in [1.54, 1.807) is 0 Å². The fourth-order valence-corrected chi connectivity index (χ4v) is 1.45. The van der Waals surface area contributed by atoms with E-state index in [4.69, 9.17) is 5.73 Å². The molecule has 1 aromatic carbocycles. The monoisotopic (exact) mass is 177 g/mol. The Morgan fingerprint density at radius 1 is 1.15 bits per heavy atom. The number of hydrogen-bond donors (Lipinski definition) is 1. The molecule has 13 heavy (non-hydrogen) atoms. The summed E-state index contributed by atoms with van der Waals surface area (Å²) in [6.07, 6.45) is 0. The number of aryl methyl sites for hydroxylation is 1. The molecule has 1 atom stereocenters. The fraction of sp³-hybridized carbons (Fsp3) is 0.500. The average molecular weight is 177 g/mol. The summed E-state index contributed by atoms with van der Waals surface area (Å²) < 4.78 is 0. The Morgan fingerprint density at radius 3 is 2.31 bits per heavy atom. The van der Waals surface area contributed by atoms with Crippen LogP contribution in [-0.2, 0) is 0 Å². The van der Waals surface area contributed by atoms with Crippen molar-refractivity contribution in [3.05, 3.63) is 29.3 Å². The van der Waals surface area contributed by atoms with E-state index in [1.165, 1.54) is 11.1 Å². The summed E-state index contributed by atoms with van der Waals surface area (Å²) >= 11 is 0. The first-order valence-corrected chi connectivity index (χ1v) is 4.88. The minimum atomic E-state index is 0.542. The lowest BCUT2D eigenvalue weighted by Gasteiger charge is -2.18. The summed E-state index contributed by atoms with van der Waals surface area (Å²) in [5, 5.41) is 0. The Hall–Kier alpha value is -0.980. The third-order valence-electron chi connectivity index (χ3n) is 2.73. The van der Waals surface area contributed by atoms with Gasteiger partial charge in [0.05, 0.1) is 0 Å². The summed E-state index contributed by atoms with van der Waals surface area (Å²) in [5.41, 5.74) is 9.43. The first kappa shape index (κ1) is 10.1. The molecule has 0 bridgehead atoms. The predicted octanol–water partition coefficient (Wildman–Crippen LogP) is 3.34. The number of rotatable bonds is 2. The van der Waals surface area contributed by atoms with Crippen molar-refractivity contribution in [1.82, 2.24) is 0 Å². The minimum Gasteiger partial charge on any atom is -0.398 e. The van der Waals surface area contributed by atoms with E-state index in [2.05, 4.69) is 39.8 Å². The number of hydrogen-bond acceptors (Lipinski definition) is 1. The molecule has 0 aromatic heterocycles. The Labute approximate surface area is 81.0 Å². The third-order valence-corrected chi connectivity index (χ3v) is 2.73. The Kier molecular flexibility index (Phi) is 2.97. The van der Waals surface area contributed by atoms with Crippen LogP contribution in [0.4, 0.5) is 5.69 Å². The Balaban J connectivity index is 3.05. The van der Waals surface area contributed by atoms with Gasteiger partial charge in [-0.05, 0) is 30.4 Å². The van der Waals surface area contributed by atoms with E-state index in [0.29, 0.717) is 11.8 Å². The second-order valence-corrected chi connectivity index (χ2v) is 4.17. The molecule has 0 heterocycles. The van der Waals surface area contributed by atoms with Crippen molar-refractivity contribution in [3.8, 4) is 0 Å². The van der Waals surface area contributed by atoms with E-state index in [-0.39, 0.29) is 0 Å². The van der Waals surface area contributed by atoms with Crippen LogP contribution in [0.5, 0.6) is 0 Å². The summed E-state index contributed by atoms with van der Waals surface area (Å²) in [4.78, 5) is 0. The Morgan fingerprint density at radius 2 is 1.77 bits per heavy atom. The van der Waals surface area contributed by atoms with Crippen molar-refractivity contribution < 1.29 is 0 Å². The highest BCUT2D eigenvalue weighted by Crippen LogP contribution is 2.28. The van der Waals surface area contributed by atoms with Crippen molar-refractivity contribution in [1.29, 1.82) is 0 Å². The Bertz CT molecular complexity index is 289. The van der Waals surface area contributed by atoms with Gasteiger partial charge in [0.2, 0.25) is 0 Å². The van der Waals surface area contributed by atoms with Gasteiger partial charge in [-0.3, -0.25) is 0 Å². The largest absolute Gasteiger partial charge is 0.398 e. The maximum Gasteiger partial charge on any atom is 0.0349 e. The van der Waals surface area contributed by atoms with Crippen LogP contribution in [0, 0.1) is 12.8 Å². The van der Waals surface area contributed by atoms with Gasteiger partial charge in [-0.1, -0.05) is 38.5 Å². The smallest absolute Gasteiger partial charge is 0.0349 e. The molecule has 2 N–H and O–H groups in total. The van der Waals surface area contributed by atoms with Crippen LogP contribution in [0.3, 0.4) is 0 Å². The molecule has 1 unspecified atom stereocenters. The maximum absolute atomic E-state index is 5.93. The van der Waals surface area contributed by atoms with Gasteiger partial charge in [-0.25, -0.2) is 0 Å². The average Bonchev–Trinajstić information content (AvgIpc) is 2.08. The quantitative estimate of drug-likeness (QED) is 0.689. The van der Waals surface area contributed by atoms with Gasteiger partial charge < -0.3 is 5.73 Å². The number of nitrogens with two attached hydrogens (primary N) is 1. The van der Waals surface area contributed by atoms with Gasteiger partial charge in [0.1, 0.15) is 0 Å². The topological polar surface area (TPSA) is 26.0 Å². The van der Waals surface area contributed by atoms with Crippen LogP contribution in [-0.4, -0.2) is 0 Å². The van der Waals surface area contributed by atoms with Gasteiger partial charge >= 0.3 is 0 Å². The number of anilines is 1. The molecule has 0 aliphatic heterocycles. The summed E-state index contributed by atoms with van der Waals surface area (Å²) in [6, 6.07) is 6.26. The third kappa shape index (κ3) is 2.24.